The second kappa shape index (κ2) is 2.49. The van der Waals surface area contributed by atoms with Gasteiger partial charge in [-0.1, -0.05) is 12.1 Å². The maximum absolute atomic E-state index is 12.7. The standard InChI is InChI=1S/C8H5FN/c1-6-3-2-4-7(5-10)8(6)9/h2-4H,1H2. The molecule has 0 bridgehead atoms. The van der Waals surface area contributed by atoms with Crippen molar-refractivity contribution in [3.05, 3.63) is 42.1 Å². The van der Waals surface area contributed by atoms with E-state index in [1.54, 1.807) is 12.1 Å². The van der Waals surface area contributed by atoms with E-state index >= 15 is 0 Å². The summed E-state index contributed by atoms with van der Waals surface area (Å²) in [5.74, 6) is -0.523. The summed E-state index contributed by atoms with van der Waals surface area (Å²) in [5, 5.41) is 8.33. The maximum atomic E-state index is 12.7. The molecular weight excluding hydrogens is 129 g/mol. The molecule has 0 N–H and O–H groups in total. The lowest BCUT2D eigenvalue weighted by Gasteiger charge is -1.94. The Bertz CT molecular complexity index is 286. The molecule has 49 valence electrons. The van der Waals surface area contributed by atoms with Crippen LogP contribution in [-0.2, 0) is 0 Å². The van der Waals surface area contributed by atoms with Gasteiger partial charge in [0.15, 0.2) is 0 Å². The van der Waals surface area contributed by atoms with E-state index in [1.807, 2.05) is 0 Å². The van der Waals surface area contributed by atoms with E-state index in [-0.39, 0.29) is 11.1 Å². The van der Waals surface area contributed by atoms with E-state index in [2.05, 4.69) is 6.92 Å². The molecule has 0 amide bonds. The molecule has 0 unspecified atom stereocenters. The van der Waals surface area contributed by atoms with Crippen molar-refractivity contribution in [2.75, 3.05) is 0 Å². The molecule has 10 heavy (non-hydrogen) atoms. The van der Waals surface area contributed by atoms with Crippen LogP contribution < -0.4 is 0 Å². The summed E-state index contributed by atoms with van der Waals surface area (Å²) in [4.78, 5) is 0. The van der Waals surface area contributed by atoms with Crippen LogP contribution in [0.1, 0.15) is 11.1 Å². The highest BCUT2D eigenvalue weighted by atomic mass is 19.1. The van der Waals surface area contributed by atoms with E-state index in [1.165, 1.54) is 12.1 Å². The van der Waals surface area contributed by atoms with Gasteiger partial charge in [0, 0.05) is 0 Å². The van der Waals surface area contributed by atoms with Crippen LogP contribution in [0, 0.1) is 24.1 Å². The summed E-state index contributed by atoms with van der Waals surface area (Å²) in [6.45, 7) is 3.40. The molecule has 1 radical (unpaired) electrons. The normalized spacial score (nSPS) is 8.90. The molecule has 0 saturated carbocycles. The summed E-state index contributed by atoms with van der Waals surface area (Å²) < 4.78 is 12.7. The van der Waals surface area contributed by atoms with Gasteiger partial charge in [-0.3, -0.25) is 0 Å². The van der Waals surface area contributed by atoms with Crippen molar-refractivity contribution in [1.29, 1.82) is 5.26 Å². The maximum Gasteiger partial charge on any atom is 0.144 e. The van der Waals surface area contributed by atoms with Gasteiger partial charge in [-0.25, -0.2) is 4.39 Å². The van der Waals surface area contributed by atoms with Gasteiger partial charge >= 0.3 is 0 Å². The van der Waals surface area contributed by atoms with Crippen LogP contribution in [0.15, 0.2) is 18.2 Å². The molecule has 0 aliphatic rings. The first kappa shape index (κ1) is 6.76. The van der Waals surface area contributed by atoms with Crippen molar-refractivity contribution in [3.63, 3.8) is 0 Å². The first-order chi connectivity index (χ1) is 4.75. The third-order valence-corrected chi connectivity index (χ3v) is 1.20. The number of benzene rings is 1. The van der Waals surface area contributed by atoms with Crippen LogP contribution in [-0.4, -0.2) is 0 Å². The zero-order chi connectivity index (χ0) is 7.56. The van der Waals surface area contributed by atoms with Gasteiger partial charge in [-0.15, -0.1) is 0 Å². The third-order valence-electron chi connectivity index (χ3n) is 1.20. The molecule has 0 aliphatic carbocycles. The molecule has 0 aromatic heterocycles. The molecule has 2 heteroatoms. The Morgan fingerprint density at radius 2 is 2.20 bits per heavy atom. The molecule has 0 fully saturated rings. The Hall–Kier alpha value is -1.36. The highest BCUT2D eigenvalue weighted by Gasteiger charge is 2.01. The van der Waals surface area contributed by atoms with Crippen molar-refractivity contribution >= 4 is 0 Å². The Kier molecular flexibility index (Phi) is 1.68. The van der Waals surface area contributed by atoms with E-state index in [0.29, 0.717) is 0 Å². The number of hydrogen-bond donors (Lipinski definition) is 0. The SMILES string of the molecule is [CH2]c1cccc(C#N)c1F. The zero-order valence-electron chi connectivity index (χ0n) is 5.26. The molecule has 1 nitrogen and oxygen atoms in total. The molecule has 0 aliphatic heterocycles. The molecule has 1 aromatic rings. The van der Waals surface area contributed by atoms with Gasteiger partial charge in [0.05, 0.1) is 5.56 Å². The van der Waals surface area contributed by atoms with Crippen LogP contribution in [0.5, 0.6) is 0 Å². The van der Waals surface area contributed by atoms with Gasteiger partial charge in [0.25, 0.3) is 0 Å². The van der Waals surface area contributed by atoms with Crippen molar-refractivity contribution in [3.8, 4) is 6.07 Å². The number of rotatable bonds is 0. The Morgan fingerprint density at radius 3 is 2.70 bits per heavy atom. The lowest BCUT2D eigenvalue weighted by Crippen LogP contribution is -1.85. The van der Waals surface area contributed by atoms with Gasteiger partial charge in [0.1, 0.15) is 11.9 Å². The molecular formula is C8H5FN. The average molecular weight is 134 g/mol. The number of halogens is 1. The second-order valence-electron chi connectivity index (χ2n) is 1.89. The zero-order valence-corrected chi connectivity index (χ0v) is 5.26. The van der Waals surface area contributed by atoms with Crippen LogP contribution in [0.4, 0.5) is 4.39 Å². The second-order valence-corrected chi connectivity index (χ2v) is 1.89. The lowest BCUT2D eigenvalue weighted by atomic mass is 10.1. The van der Waals surface area contributed by atoms with Crippen LogP contribution in [0.3, 0.4) is 0 Å². The fraction of sp³-hybridized carbons (Fsp3) is 0. The predicted octanol–water partition coefficient (Wildman–Crippen LogP) is 1.88. The molecule has 0 atom stereocenters. The van der Waals surface area contributed by atoms with Crippen LogP contribution in [0.25, 0.3) is 0 Å². The quantitative estimate of drug-likeness (QED) is 0.531. The molecule has 1 aromatic carbocycles. The van der Waals surface area contributed by atoms with E-state index in [0.717, 1.165) is 0 Å². The van der Waals surface area contributed by atoms with Gasteiger partial charge in [0.2, 0.25) is 0 Å². The first-order valence-electron chi connectivity index (χ1n) is 2.76. The topological polar surface area (TPSA) is 23.8 Å². The Labute approximate surface area is 58.7 Å². The molecule has 0 spiro atoms. The predicted molar refractivity (Wildman–Crippen MR) is 35.6 cm³/mol. The number of nitrogens with zero attached hydrogens (tertiary/aromatic N) is 1. The average Bonchev–Trinajstić information content (AvgIpc) is 1.95. The minimum absolute atomic E-state index is 0.0486. The van der Waals surface area contributed by atoms with Gasteiger partial charge < -0.3 is 0 Å². The highest BCUT2D eigenvalue weighted by molar-refractivity contribution is 5.35. The third kappa shape index (κ3) is 0.985. The summed E-state index contributed by atoms with van der Waals surface area (Å²) in [7, 11) is 0. The molecule has 0 saturated heterocycles. The fourth-order valence-electron chi connectivity index (χ4n) is 0.666. The van der Waals surface area contributed by atoms with Crippen molar-refractivity contribution in [2.45, 2.75) is 0 Å². The van der Waals surface area contributed by atoms with Crippen LogP contribution >= 0.6 is 0 Å². The van der Waals surface area contributed by atoms with Crippen molar-refractivity contribution in [2.24, 2.45) is 0 Å². The number of hydrogen-bond acceptors (Lipinski definition) is 1. The number of nitriles is 1. The summed E-state index contributed by atoms with van der Waals surface area (Å²) in [6, 6.07) is 6.27. The van der Waals surface area contributed by atoms with E-state index in [4.69, 9.17) is 5.26 Å². The first-order valence-corrected chi connectivity index (χ1v) is 2.76. The fourth-order valence-corrected chi connectivity index (χ4v) is 0.666. The Morgan fingerprint density at radius 1 is 1.50 bits per heavy atom. The molecule has 1 rings (SSSR count). The summed E-state index contributed by atoms with van der Waals surface area (Å²) in [6.07, 6.45) is 0. The van der Waals surface area contributed by atoms with Gasteiger partial charge in [-0.05, 0) is 18.6 Å². The minimum atomic E-state index is -0.523. The van der Waals surface area contributed by atoms with Crippen molar-refractivity contribution < 1.29 is 4.39 Å². The largest absolute Gasteiger partial charge is 0.205 e. The van der Waals surface area contributed by atoms with E-state index < -0.39 is 5.82 Å². The Balaban J connectivity index is 3.31. The monoisotopic (exact) mass is 134 g/mol. The summed E-state index contributed by atoms with van der Waals surface area (Å²) >= 11 is 0. The summed E-state index contributed by atoms with van der Waals surface area (Å²) in [5.41, 5.74) is 0.312. The highest BCUT2D eigenvalue weighted by Crippen LogP contribution is 2.09. The lowest BCUT2D eigenvalue weighted by molar-refractivity contribution is 0.619. The van der Waals surface area contributed by atoms with Gasteiger partial charge in [-0.2, -0.15) is 5.26 Å². The smallest absolute Gasteiger partial charge is 0.144 e. The van der Waals surface area contributed by atoms with E-state index in [9.17, 15) is 4.39 Å². The van der Waals surface area contributed by atoms with Crippen molar-refractivity contribution in [1.82, 2.24) is 0 Å². The van der Waals surface area contributed by atoms with Crippen LogP contribution in [0.2, 0.25) is 0 Å². The minimum Gasteiger partial charge on any atom is -0.205 e. The molecule has 0 heterocycles.